The number of rotatable bonds is 0. The Hall–Kier alpha value is -0.590. The lowest BCUT2D eigenvalue weighted by Gasteiger charge is -2.05. The molecule has 0 aromatic carbocycles. The molecule has 0 fully saturated rings. The zero-order valence-corrected chi connectivity index (χ0v) is 6.53. The fraction of sp³-hybridized carbons (Fsp3) is 0.500. The summed E-state index contributed by atoms with van der Waals surface area (Å²) in [6.07, 6.45) is -4.55. The number of carbonyl (C=O) groups is 1. The zero-order chi connectivity index (χ0) is 8.65. The van der Waals surface area contributed by atoms with E-state index in [2.05, 4.69) is 21.0 Å². The van der Waals surface area contributed by atoms with E-state index in [-0.39, 0.29) is 0 Å². The number of hydrazone groups is 1. The first-order valence-corrected chi connectivity index (χ1v) is 3.43. The molecular weight excluding hydrogens is 229 g/mol. The lowest BCUT2D eigenvalue weighted by Crippen LogP contribution is -2.32. The Balaban J connectivity index is 2.84. The summed E-state index contributed by atoms with van der Waals surface area (Å²) >= 11 is 2.54. The highest BCUT2D eigenvalue weighted by Crippen LogP contribution is 2.25. The highest BCUT2D eigenvalue weighted by atomic mass is 79.9. The van der Waals surface area contributed by atoms with E-state index in [9.17, 15) is 18.0 Å². The monoisotopic (exact) mass is 230 g/mol. The third-order valence-corrected chi connectivity index (χ3v) is 1.90. The van der Waals surface area contributed by atoms with E-state index in [0.717, 1.165) is 0 Å². The number of alkyl halides is 4. The van der Waals surface area contributed by atoms with Crippen molar-refractivity contribution in [3.63, 3.8) is 0 Å². The van der Waals surface area contributed by atoms with Crippen molar-refractivity contribution in [3.8, 4) is 0 Å². The third kappa shape index (κ3) is 1.52. The van der Waals surface area contributed by atoms with Crippen LogP contribution in [0.2, 0.25) is 0 Å². The van der Waals surface area contributed by atoms with E-state index in [4.69, 9.17) is 0 Å². The quantitative estimate of drug-likeness (QED) is 0.615. The van der Waals surface area contributed by atoms with Crippen LogP contribution in [0.15, 0.2) is 5.10 Å². The molecule has 1 rings (SSSR count). The van der Waals surface area contributed by atoms with Crippen molar-refractivity contribution in [3.05, 3.63) is 0 Å². The molecule has 0 aliphatic carbocycles. The van der Waals surface area contributed by atoms with Gasteiger partial charge in [-0.25, -0.2) is 5.43 Å². The fourth-order valence-corrected chi connectivity index (χ4v) is 1.02. The van der Waals surface area contributed by atoms with Gasteiger partial charge in [-0.15, -0.1) is 0 Å². The van der Waals surface area contributed by atoms with Crippen LogP contribution in [0.3, 0.4) is 0 Å². The SMILES string of the molecule is O=C1NN=C(C(F)(F)F)C1Br. The summed E-state index contributed by atoms with van der Waals surface area (Å²) in [6.45, 7) is 0. The maximum atomic E-state index is 11.8. The van der Waals surface area contributed by atoms with Crippen molar-refractivity contribution < 1.29 is 18.0 Å². The smallest absolute Gasteiger partial charge is 0.271 e. The van der Waals surface area contributed by atoms with Crippen LogP contribution in [0.1, 0.15) is 0 Å². The normalized spacial score (nSPS) is 24.9. The van der Waals surface area contributed by atoms with Crippen molar-refractivity contribution >= 4 is 27.5 Å². The molecule has 11 heavy (non-hydrogen) atoms. The van der Waals surface area contributed by atoms with Gasteiger partial charge in [0.15, 0.2) is 5.71 Å². The van der Waals surface area contributed by atoms with Gasteiger partial charge in [-0.1, -0.05) is 15.9 Å². The average molecular weight is 231 g/mol. The summed E-state index contributed by atoms with van der Waals surface area (Å²) in [4.78, 5) is 9.09. The van der Waals surface area contributed by atoms with Crippen LogP contribution in [0, 0.1) is 0 Å². The maximum absolute atomic E-state index is 11.8. The molecule has 1 heterocycles. The molecule has 7 heteroatoms. The second-order valence-corrected chi connectivity index (χ2v) is 2.75. The summed E-state index contributed by atoms with van der Waals surface area (Å²) in [5.74, 6) is -0.794. The van der Waals surface area contributed by atoms with Crippen molar-refractivity contribution in [1.29, 1.82) is 0 Å². The number of hydrogen-bond donors (Lipinski definition) is 1. The largest absolute Gasteiger partial charge is 0.432 e. The molecular formula is C4H2BrF3N2O. The Bertz CT molecular complexity index is 224. The summed E-state index contributed by atoms with van der Waals surface area (Å²) in [5.41, 5.74) is 0.571. The summed E-state index contributed by atoms with van der Waals surface area (Å²) < 4.78 is 35.5. The zero-order valence-electron chi connectivity index (χ0n) is 4.94. The van der Waals surface area contributed by atoms with E-state index in [0.29, 0.717) is 0 Å². The highest BCUT2D eigenvalue weighted by molar-refractivity contribution is 9.10. The van der Waals surface area contributed by atoms with Crippen LogP contribution in [-0.2, 0) is 4.79 Å². The van der Waals surface area contributed by atoms with E-state index in [1.54, 1.807) is 5.43 Å². The molecule has 1 atom stereocenters. The van der Waals surface area contributed by atoms with Gasteiger partial charge in [0.1, 0.15) is 4.83 Å². The standard InChI is InChI=1S/C4H2BrF3N2O/c5-1-2(4(6,7)8)9-10-3(1)11/h1H,(H,10,11). The predicted molar refractivity (Wildman–Crippen MR) is 34.3 cm³/mol. The molecule has 0 aromatic rings. The van der Waals surface area contributed by atoms with Crippen LogP contribution in [-0.4, -0.2) is 22.6 Å². The number of amides is 1. The number of hydrogen-bond acceptors (Lipinski definition) is 2. The Morgan fingerprint density at radius 3 is 2.27 bits per heavy atom. The summed E-state index contributed by atoms with van der Waals surface area (Å²) in [7, 11) is 0. The van der Waals surface area contributed by atoms with Gasteiger partial charge in [0.25, 0.3) is 5.91 Å². The molecule has 0 radical (unpaired) electrons. The Labute approximate surface area is 67.8 Å². The van der Waals surface area contributed by atoms with Crippen LogP contribution >= 0.6 is 15.9 Å². The van der Waals surface area contributed by atoms with Gasteiger partial charge in [-0.2, -0.15) is 18.3 Å². The van der Waals surface area contributed by atoms with E-state index >= 15 is 0 Å². The summed E-state index contributed by atoms with van der Waals surface area (Å²) in [5, 5.41) is 2.81. The van der Waals surface area contributed by atoms with E-state index in [1.807, 2.05) is 0 Å². The lowest BCUT2D eigenvalue weighted by atomic mass is 10.3. The van der Waals surface area contributed by atoms with Gasteiger partial charge < -0.3 is 0 Å². The van der Waals surface area contributed by atoms with Gasteiger partial charge >= 0.3 is 6.18 Å². The second-order valence-electron chi connectivity index (χ2n) is 1.83. The molecule has 0 aromatic heterocycles. The van der Waals surface area contributed by atoms with Gasteiger partial charge in [0, 0.05) is 0 Å². The number of nitrogens with one attached hydrogen (secondary N) is 1. The van der Waals surface area contributed by atoms with Gasteiger partial charge in [0.05, 0.1) is 0 Å². The molecule has 0 saturated carbocycles. The Morgan fingerprint density at radius 2 is 2.09 bits per heavy atom. The molecule has 62 valence electrons. The topological polar surface area (TPSA) is 41.5 Å². The first-order valence-electron chi connectivity index (χ1n) is 2.51. The maximum Gasteiger partial charge on any atom is 0.432 e. The van der Waals surface area contributed by atoms with Crippen LogP contribution in [0.25, 0.3) is 0 Å². The molecule has 0 bridgehead atoms. The minimum atomic E-state index is -4.55. The summed E-state index contributed by atoms with van der Waals surface area (Å²) in [6, 6.07) is 0. The minimum absolute atomic E-state index is 0.794. The third-order valence-electron chi connectivity index (χ3n) is 1.05. The molecule has 3 nitrogen and oxygen atoms in total. The predicted octanol–water partition coefficient (Wildman–Crippen LogP) is 0.798. The van der Waals surface area contributed by atoms with Crippen LogP contribution < -0.4 is 5.43 Å². The number of carbonyl (C=O) groups excluding carboxylic acids is 1. The van der Waals surface area contributed by atoms with Gasteiger partial charge in [0.2, 0.25) is 0 Å². The average Bonchev–Trinajstić information content (AvgIpc) is 2.11. The van der Waals surface area contributed by atoms with Gasteiger partial charge in [-0.05, 0) is 0 Å². The molecule has 0 spiro atoms. The highest BCUT2D eigenvalue weighted by Gasteiger charge is 2.46. The molecule has 1 aliphatic rings. The van der Waals surface area contributed by atoms with E-state index < -0.39 is 22.6 Å². The number of nitrogens with zero attached hydrogens (tertiary/aromatic N) is 1. The van der Waals surface area contributed by atoms with Crippen molar-refractivity contribution in [1.82, 2.24) is 5.43 Å². The van der Waals surface area contributed by atoms with Crippen molar-refractivity contribution in [2.75, 3.05) is 0 Å². The molecule has 1 aliphatic heterocycles. The molecule has 0 saturated heterocycles. The first kappa shape index (κ1) is 8.51. The van der Waals surface area contributed by atoms with Crippen molar-refractivity contribution in [2.45, 2.75) is 11.0 Å². The first-order chi connectivity index (χ1) is 4.93. The minimum Gasteiger partial charge on any atom is -0.271 e. The molecule has 1 unspecified atom stereocenters. The van der Waals surface area contributed by atoms with Crippen LogP contribution in [0.5, 0.6) is 0 Å². The molecule has 1 amide bonds. The Morgan fingerprint density at radius 1 is 1.55 bits per heavy atom. The molecule has 1 N–H and O–H groups in total. The van der Waals surface area contributed by atoms with Crippen molar-refractivity contribution in [2.24, 2.45) is 5.10 Å². The fourth-order valence-electron chi connectivity index (χ4n) is 0.560. The Kier molecular flexibility index (Phi) is 1.91. The number of halogens is 4. The second kappa shape index (κ2) is 2.47. The van der Waals surface area contributed by atoms with Crippen LogP contribution in [0.4, 0.5) is 13.2 Å². The van der Waals surface area contributed by atoms with E-state index in [1.165, 1.54) is 0 Å². The van der Waals surface area contributed by atoms with Gasteiger partial charge in [-0.3, -0.25) is 4.79 Å². The lowest BCUT2D eigenvalue weighted by molar-refractivity contribution is -0.119.